The number of amides is 1. The minimum Gasteiger partial charge on any atom is -0.479 e. The number of carboxylic acid groups (broad SMARTS) is 1. The van der Waals surface area contributed by atoms with E-state index in [1.165, 1.54) is 0 Å². The molecule has 0 radical (unpaired) electrons. The molecular formula is C13H17NO4. The van der Waals surface area contributed by atoms with E-state index in [1.54, 1.807) is 0 Å². The van der Waals surface area contributed by atoms with Crippen molar-refractivity contribution in [3.63, 3.8) is 0 Å². The van der Waals surface area contributed by atoms with Crippen LogP contribution in [0.15, 0.2) is 24.3 Å². The van der Waals surface area contributed by atoms with E-state index >= 15 is 0 Å². The average molecular weight is 251 g/mol. The molecule has 0 aromatic heterocycles. The largest absolute Gasteiger partial charge is 0.479 e. The molecule has 1 atom stereocenters. The molecule has 1 aromatic carbocycles. The van der Waals surface area contributed by atoms with Gasteiger partial charge >= 0.3 is 5.97 Å². The normalized spacial score (nSPS) is 11.9. The van der Waals surface area contributed by atoms with Crippen molar-refractivity contribution in [2.24, 2.45) is 0 Å². The first-order valence-corrected chi connectivity index (χ1v) is 5.72. The SMILES string of the molecule is Cc1cccc(CCC(=O)NCC(O)C(=O)O)c1. The maximum absolute atomic E-state index is 11.4. The number of hydrogen-bond donors (Lipinski definition) is 3. The summed E-state index contributed by atoms with van der Waals surface area (Å²) in [6.45, 7) is 1.72. The second kappa shape index (κ2) is 6.76. The molecule has 1 unspecified atom stereocenters. The molecule has 5 nitrogen and oxygen atoms in total. The zero-order valence-electron chi connectivity index (χ0n) is 10.2. The van der Waals surface area contributed by atoms with E-state index in [9.17, 15) is 9.59 Å². The Morgan fingerprint density at radius 2 is 2.11 bits per heavy atom. The van der Waals surface area contributed by atoms with Crippen LogP contribution in [0.3, 0.4) is 0 Å². The van der Waals surface area contributed by atoms with Gasteiger partial charge in [-0.25, -0.2) is 4.79 Å². The van der Waals surface area contributed by atoms with Gasteiger partial charge in [0.2, 0.25) is 5.91 Å². The molecule has 0 spiro atoms. The molecule has 18 heavy (non-hydrogen) atoms. The van der Waals surface area contributed by atoms with Gasteiger partial charge in [0.15, 0.2) is 6.10 Å². The summed E-state index contributed by atoms with van der Waals surface area (Å²) >= 11 is 0. The molecule has 5 heteroatoms. The van der Waals surface area contributed by atoms with Crippen molar-refractivity contribution in [2.75, 3.05) is 6.54 Å². The molecule has 1 amide bonds. The van der Waals surface area contributed by atoms with E-state index < -0.39 is 12.1 Å². The number of hydrogen-bond acceptors (Lipinski definition) is 3. The van der Waals surface area contributed by atoms with Crippen molar-refractivity contribution in [1.29, 1.82) is 0 Å². The highest BCUT2D eigenvalue weighted by molar-refractivity contribution is 5.78. The molecule has 98 valence electrons. The molecule has 0 aliphatic carbocycles. The van der Waals surface area contributed by atoms with Crippen molar-refractivity contribution in [1.82, 2.24) is 5.32 Å². The first kappa shape index (κ1) is 14.2. The average Bonchev–Trinajstić information content (AvgIpc) is 2.33. The van der Waals surface area contributed by atoms with Crippen LogP contribution in [0.5, 0.6) is 0 Å². The lowest BCUT2D eigenvalue weighted by molar-refractivity contribution is -0.146. The monoisotopic (exact) mass is 251 g/mol. The summed E-state index contributed by atoms with van der Waals surface area (Å²) in [6, 6.07) is 7.84. The zero-order chi connectivity index (χ0) is 13.5. The second-order valence-electron chi connectivity index (χ2n) is 4.15. The van der Waals surface area contributed by atoms with E-state index in [0.717, 1.165) is 11.1 Å². The summed E-state index contributed by atoms with van der Waals surface area (Å²) in [5.74, 6) is -1.61. The number of aliphatic hydroxyl groups excluding tert-OH is 1. The van der Waals surface area contributed by atoms with Gasteiger partial charge in [-0.2, -0.15) is 0 Å². The Labute approximate surface area is 105 Å². The van der Waals surface area contributed by atoms with Gasteiger partial charge in [-0.1, -0.05) is 29.8 Å². The van der Waals surface area contributed by atoms with Gasteiger partial charge in [-0.3, -0.25) is 4.79 Å². The van der Waals surface area contributed by atoms with Crippen molar-refractivity contribution in [2.45, 2.75) is 25.9 Å². The highest BCUT2D eigenvalue weighted by Gasteiger charge is 2.13. The van der Waals surface area contributed by atoms with Crippen LogP contribution in [-0.4, -0.2) is 34.7 Å². The molecule has 1 aromatic rings. The van der Waals surface area contributed by atoms with Gasteiger partial charge < -0.3 is 15.5 Å². The molecule has 0 aliphatic heterocycles. The third kappa shape index (κ3) is 4.97. The zero-order valence-corrected chi connectivity index (χ0v) is 10.2. The van der Waals surface area contributed by atoms with Crippen LogP contribution in [-0.2, 0) is 16.0 Å². The van der Waals surface area contributed by atoms with Crippen molar-refractivity contribution >= 4 is 11.9 Å². The van der Waals surface area contributed by atoms with Crippen LogP contribution in [0.25, 0.3) is 0 Å². The van der Waals surface area contributed by atoms with Crippen molar-refractivity contribution in [3.8, 4) is 0 Å². The van der Waals surface area contributed by atoms with Crippen LogP contribution in [0.2, 0.25) is 0 Å². The predicted octanol–water partition coefficient (Wildman–Crippen LogP) is 0.489. The first-order valence-electron chi connectivity index (χ1n) is 5.72. The summed E-state index contributed by atoms with van der Waals surface area (Å²) in [5, 5.41) is 19.8. The number of carbonyl (C=O) groups excluding carboxylic acids is 1. The predicted molar refractivity (Wildman–Crippen MR) is 66.2 cm³/mol. The number of rotatable bonds is 6. The Morgan fingerprint density at radius 3 is 2.72 bits per heavy atom. The van der Waals surface area contributed by atoms with Crippen molar-refractivity contribution in [3.05, 3.63) is 35.4 Å². The Bertz CT molecular complexity index is 431. The minimum absolute atomic E-state index is 0.262. The molecule has 0 fully saturated rings. The lowest BCUT2D eigenvalue weighted by Crippen LogP contribution is -2.36. The number of aliphatic hydroxyl groups is 1. The van der Waals surface area contributed by atoms with E-state index in [4.69, 9.17) is 10.2 Å². The first-order chi connectivity index (χ1) is 8.49. The lowest BCUT2D eigenvalue weighted by atomic mass is 10.1. The number of aryl methyl sites for hydroxylation is 2. The molecule has 0 bridgehead atoms. The fourth-order valence-corrected chi connectivity index (χ4v) is 1.51. The van der Waals surface area contributed by atoms with Crippen LogP contribution in [0.1, 0.15) is 17.5 Å². The number of benzene rings is 1. The fourth-order valence-electron chi connectivity index (χ4n) is 1.51. The summed E-state index contributed by atoms with van der Waals surface area (Å²) in [5.41, 5.74) is 2.19. The van der Waals surface area contributed by atoms with E-state index in [-0.39, 0.29) is 18.9 Å². The topological polar surface area (TPSA) is 86.6 Å². The smallest absolute Gasteiger partial charge is 0.334 e. The Kier molecular flexibility index (Phi) is 5.32. The van der Waals surface area contributed by atoms with Gasteiger partial charge in [-0.05, 0) is 18.9 Å². The van der Waals surface area contributed by atoms with Crippen LogP contribution in [0, 0.1) is 6.92 Å². The molecule has 0 saturated carbocycles. The molecule has 3 N–H and O–H groups in total. The van der Waals surface area contributed by atoms with Gasteiger partial charge in [0.25, 0.3) is 0 Å². The quantitative estimate of drug-likeness (QED) is 0.686. The number of nitrogens with one attached hydrogen (secondary N) is 1. The maximum Gasteiger partial charge on any atom is 0.334 e. The Balaban J connectivity index is 2.31. The van der Waals surface area contributed by atoms with Crippen LogP contribution < -0.4 is 5.32 Å². The number of carboxylic acids is 1. The second-order valence-corrected chi connectivity index (χ2v) is 4.15. The maximum atomic E-state index is 11.4. The standard InChI is InChI=1S/C13H17NO4/c1-9-3-2-4-10(7-9)5-6-12(16)14-8-11(15)13(17)18/h2-4,7,11,15H,5-6,8H2,1H3,(H,14,16)(H,17,18). The Hall–Kier alpha value is -1.88. The van der Waals surface area contributed by atoms with E-state index in [0.29, 0.717) is 6.42 Å². The number of carbonyl (C=O) groups is 2. The molecule has 0 heterocycles. The van der Waals surface area contributed by atoms with Gasteiger partial charge in [0, 0.05) is 6.42 Å². The molecule has 0 aliphatic rings. The third-order valence-electron chi connectivity index (χ3n) is 2.50. The van der Waals surface area contributed by atoms with Gasteiger partial charge in [0.1, 0.15) is 0 Å². The highest BCUT2D eigenvalue weighted by Crippen LogP contribution is 2.06. The summed E-state index contributed by atoms with van der Waals surface area (Å²) in [4.78, 5) is 21.7. The minimum atomic E-state index is -1.55. The molecule has 1 rings (SSSR count). The van der Waals surface area contributed by atoms with Gasteiger partial charge in [0.05, 0.1) is 6.54 Å². The van der Waals surface area contributed by atoms with Gasteiger partial charge in [-0.15, -0.1) is 0 Å². The third-order valence-corrected chi connectivity index (χ3v) is 2.50. The van der Waals surface area contributed by atoms with Crippen molar-refractivity contribution < 1.29 is 19.8 Å². The lowest BCUT2D eigenvalue weighted by Gasteiger charge is -2.08. The van der Waals surface area contributed by atoms with Crippen LogP contribution >= 0.6 is 0 Å². The highest BCUT2D eigenvalue weighted by atomic mass is 16.4. The van der Waals surface area contributed by atoms with E-state index in [1.807, 2.05) is 31.2 Å². The molecule has 0 saturated heterocycles. The van der Waals surface area contributed by atoms with E-state index in [2.05, 4.69) is 5.32 Å². The number of aliphatic carboxylic acids is 1. The fraction of sp³-hybridized carbons (Fsp3) is 0.385. The summed E-state index contributed by atoms with van der Waals surface area (Å²) in [7, 11) is 0. The molecular weight excluding hydrogens is 234 g/mol. The van der Waals surface area contributed by atoms with Crippen LogP contribution in [0.4, 0.5) is 0 Å². The summed E-state index contributed by atoms with van der Waals surface area (Å²) < 4.78 is 0. The summed E-state index contributed by atoms with van der Waals surface area (Å²) in [6.07, 6.45) is -0.681. The Morgan fingerprint density at radius 1 is 1.39 bits per heavy atom.